The molecule has 6 nitrogen and oxygen atoms in total. The molecule has 6 heteroatoms. The molecule has 0 atom stereocenters. The summed E-state index contributed by atoms with van der Waals surface area (Å²) in [6.45, 7) is 0. The van der Waals surface area contributed by atoms with Crippen molar-refractivity contribution in [1.29, 1.82) is 0 Å². The molecule has 0 N–H and O–H groups in total. The number of rotatable bonds is 5. The van der Waals surface area contributed by atoms with Gasteiger partial charge in [0, 0.05) is 44.1 Å². The zero-order valence-electron chi connectivity index (χ0n) is 30.0. The summed E-state index contributed by atoms with van der Waals surface area (Å²) in [6, 6.07) is 63.8. The Bertz CT molecular complexity index is 3400. The van der Waals surface area contributed by atoms with E-state index in [0.717, 1.165) is 61.3 Å². The van der Waals surface area contributed by atoms with E-state index in [4.69, 9.17) is 19.9 Å². The normalized spacial score (nSPS) is 11.9. The van der Waals surface area contributed by atoms with Gasteiger partial charge in [-0.2, -0.15) is 0 Å². The molecule has 12 rings (SSSR count). The van der Waals surface area contributed by atoms with Gasteiger partial charge in [-0.25, -0.2) is 19.9 Å². The van der Waals surface area contributed by atoms with Crippen LogP contribution in [0.25, 0.3) is 111 Å². The van der Waals surface area contributed by atoms with Crippen LogP contribution in [0.2, 0.25) is 0 Å². The number of hydrogen-bond acceptors (Lipinski definition) is 4. The van der Waals surface area contributed by atoms with Crippen molar-refractivity contribution in [2.45, 2.75) is 0 Å². The van der Waals surface area contributed by atoms with Gasteiger partial charge in [0.05, 0.1) is 27.6 Å². The lowest BCUT2D eigenvalue weighted by Gasteiger charge is -2.12. The third-order valence-electron chi connectivity index (χ3n) is 11.1. The van der Waals surface area contributed by atoms with Crippen molar-refractivity contribution >= 4 is 59.9 Å². The maximum Gasteiger partial charge on any atom is 0.164 e. The Morgan fingerprint density at radius 2 is 0.929 bits per heavy atom. The molecule has 56 heavy (non-hydrogen) atoms. The van der Waals surface area contributed by atoms with Gasteiger partial charge < -0.3 is 4.57 Å². The van der Waals surface area contributed by atoms with E-state index >= 15 is 0 Å². The van der Waals surface area contributed by atoms with E-state index in [1.54, 1.807) is 0 Å². The fourth-order valence-corrected chi connectivity index (χ4v) is 8.58. The van der Waals surface area contributed by atoms with Crippen LogP contribution in [0.3, 0.4) is 0 Å². The van der Waals surface area contributed by atoms with Crippen LogP contribution in [-0.2, 0) is 0 Å². The standard InChI is InChI=1S/C50H30N6/c1-4-14-31(15-5-1)47-52-48(32-16-6-2-7-17-32)54-49(53-47)36-22-12-23-37(28-36)55-41-25-13-24-38-39-29-34-20-10-11-21-35(34)30-43(39)56-46-40(26-27-42(55)45(46)44(38)41)51-50(56)33-18-8-3-9-19-33/h1-30H. The summed E-state index contributed by atoms with van der Waals surface area (Å²) in [5.41, 5.74) is 10.3. The maximum absolute atomic E-state index is 5.35. The van der Waals surface area contributed by atoms with Gasteiger partial charge in [0.15, 0.2) is 17.5 Å². The summed E-state index contributed by atoms with van der Waals surface area (Å²) in [7, 11) is 0. The minimum absolute atomic E-state index is 0.621. The Kier molecular flexibility index (Phi) is 6.53. The lowest BCUT2D eigenvalue weighted by molar-refractivity contribution is 1.07. The molecule has 0 aliphatic rings. The molecule has 0 saturated heterocycles. The predicted molar refractivity (Wildman–Crippen MR) is 228 cm³/mol. The highest BCUT2D eigenvalue weighted by atomic mass is 15.1. The van der Waals surface area contributed by atoms with Gasteiger partial charge in [-0.1, -0.05) is 140 Å². The Labute approximate surface area is 321 Å². The molecule has 8 aromatic carbocycles. The van der Waals surface area contributed by atoms with E-state index in [1.807, 2.05) is 60.7 Å². The van der Waals surface area contributed by atoms with E-state index in [9.17, 15) is 0 Å². The largest absolute Gasteiger partial charge is 0.309 e. The van der Waals surface area contributed by atoms with Crippen LogP contribution < -0.4 is 0 Å². The molecular formula is C50H30N6. The number of hydrogen-bond donors (Lipinski definition) is 0. The van der Waals surface area contributed by atoms with Crippen molar-refractivity contribution in [2.24, 2.45) is 0 Å². The molecule has 0 unspecified atom stereocenters. The van der Waals surface area contributed by atoms with Crippen molar-refractivity contribution in [2.75, 3.05) is 0 Å². The first kappa shape index (κ1) is 30.7. The molecule has 0 bridgehead atoms. The molecule has 0 spiro atoms. The summed E-state index contributed by atoms with van der Waals surface area (Å²) in [4.78, 5) is 20.4. The minimum Gasteiger partial charge on any atom is -0.309 e. The number of imidazole rings is 1. The quantitative estimate of drug-likeness (QED) is 0.178. The van der Waals surface area contributed by atoms with Crippen LogP contribution >= 0.6 is 0 Å². The van der Waals surface area contributed by atoms with Crippen molar-refractivity contribution in [3.05, 3.63) is 182 Å². The Hall–Kier alpha value is -7.70. The summed E-state index contributed by atoms with van der Waals surface area (Å²) in [5.74, 6) is 2.83. The molecule has 4 heterocycles. The highest BCUT2D eigenvalue weighted by Gasteiger charge is 2.24. The second kappa shape index (κ2) is 11.9. The summed E-state index contributed by atoms with van der Waals surface area (Å²) < 4.78 is 4.79. The molecule has 0 fully saturated rings. The van der Waals surface area contributed by atoms with E-state index < -0.39 is 0 Å². The van der Waals surface area contributed by atoms with Crippen LogP contribution in [0.15, 0.2) is 182 Å². The van der Waals surface area contributed by atoms with Gasteiger partial charge in [-0.3, -0.25) is 4.40 Å². The fraction of sp³-hybridized carbons (Fsp3) is 0. The molecule has 12 aromatic rings. The topological polar surface area (TPSA) is 60.9 Å². The van der Waals surface area contributed by atoms with Gasteiger partial charge in [0.25, 0.3) is 0 Å². The highest BCUT2D eigenvalue weighted by Crippen LogP contribution is 2.44. The lowest BCUT2D eigenvalue weighted by atomic mass is 10.0. The first-order chi connectivity index (χ1) is 27.8. The predicted octanol–water partition coefficient (Wildman–Crippen LogP) is 12.2. The molecular weight excluding hydrogens is 685 g/mol. The van der Waals surface area contributed by atoms with Crippen molar-refractivity contribution in [3.8, 4) is 51.2 Å². The second-order valence-electron chi connectivity index (χ2n) is 14.3. The average Bonchev–Trinajstić information content (AvgIpc) is 3.79. The van der Waals surface area contributed by atoms with Crippen LogP contribution in [0.1, 0.15) is 0 Å². The summed E-state index contributed by atoms with van der Waals surface area (Å²) in [5, 5.41) is 7.19. The monoisotopic (exact) mass is 714 g/mol. The van der Waals surface area contributed by atoms with Crippen LogP contribution in [-0.4, -0.2) is 28.9 Å². The SMILES string of the molecule is c1ccc(-c2nc(-c3ccccc3)nc(-c3cccc(-n4c5cccc6c7cc8ccccc8cc7n7c(-c8ccccc8)nc8ccc4c(c65)c87)c3)n2)cc1. The van der Waals surface area contributed by atoms with Crippen molar-refractivity contribution in [3.63, 3.8) is 0 Å². The van der Waals surface area contributed by atoms with Gasteiger partial charge in [-0.05, 0) is 58.6 Å². The van der Waals surface area contributed by atoms with Crippen molar-refractivity contribution < 1.29 is 0 Å². The zero-order valence-corrected chi connectivity index (χ0v) is 30.0. The lowest BCUT2D eigenvalue weighted by Crippen LogP contribution is -2.01. The highest BCUT2D eigenvalue weighted by molar-refractivity contribution is 6.30. The van der Waals surface area contributed by atoms with Gasteiger partial charge in [0.2, 0.25) is 0 Å². The fourth-order valence-electron chi connectivity index (χ4n) is 8.58. The Balaban J connectivity index is 1.16. The number of nitrogens with zero attached hydrogens (tertiary/aromatic N) is 6. The smallest absolute Gasteiger partial charge is 0.164 e. The maximum atomic E-state index is 5.35. The first-order valence-corrected chi connectivity index (χ1v) is 18.8. The van der Waals surface area contributed by atoms with Crippen molar-refractivity contribution in [1.82, 2.24) is 28.9 Å². The average molecular weight is 715 g/mol. The van der Waals surface area contributed by atoms with Gasteiger partial charge in [0.1, 0.15) is 5.82 Å². The van der Waals surface area contributed by atoms with E-state index in [1.165, 1.54) is 32.3 Å². The number of fused-ring (bicyclic) bond motifs is 4. The summed E-state index contributed by atoms with van der Waals surface area (Å²) >= 11 is 0. The summed E-state index contributed by atoms with van der Waals surface area (Å²) in [6.07, 6.45) is 0. The van der Waals surface area contributed by atoms with E-state index in [0.29, 0.717) is 17.5 Å². The molecule has 0 aliphatic heterocycles. The molecule has 0 saturated carbocycles. The van der Waals surface area contributed by atoms with Gasteiger partial charge >= 0.3 is 0 Å². The molecule has 4 aromatic heterocycles. The first-order valence-electron chi connectivity index (χ1n) is 18.8. The zero-order chi connectivity index (χ0) is 36.7. The third-order valence-corrected chi connectivity index (χ3v) is 11.1. The molecule has 0 radical (unpaired) electrons. The molecule has 0 aliphatic carbocycles. The van der Waals surface area contributed by atoms with Crippen LogP contribution in [0.5, 0.6) is 0 Å². The Morgan fingerprint density at radius 3 is 1.62 bits per heavy atom. The third kappa shape index (κ3) is 4.56. The second-order valence-corrected chi connectivity index (χ2v) is 14.3. The van der Waals surface area contributed by atoms with E-state index in [-0.39, 0.29) is 0 Å². The number of aromatic nitrogens is 6. The number of benzene rings is 8. The van der Waals surface area contributed by atoms with Crippen LogP contribution in [0, 0.1) is 0 Å². The molecule has 0 amide bonds. The molecule has 260 valence electrons. The Morgan fingerprint density at radius 1 is 0.357 bits per heavy atom. The van der Waals surface area contributed by atoms with Crippen LogP contribution in [0.4, 0.5) is 0 Å². The minimum atomic E-state index is 0.621. The van der Waals surface area contributed by atoms with E-state index in [2.05, 4.69) is 130 Å². The van der Waals surface area contributed by atoms with Gasteiger partial charge in [-0.15, -0.1) is 0 Å².